The molecule has 5 heterocycles. The highest BCUT2D eigenvalue weighted by atomic mass is 32.1. The van der Waals surface area contributed by atoms with Gasteiger partial charge in [-0.3, -0.25) is 0 Å². The maximum absolute atomic E-state index is 6.88. The second-order valence-electron chi connectivity index (χ2n) is 21.3. The smallest absolute Gasteiger partial charge is 0.333 e. The van der Waals surface area contributed by atoms with Crippen LogP contribution in [0.2, 0.25) is 0 Å². The van der Waals surface area contributed by atoms with Crippen LogP contribution in [0.5, 0.6) is 0 Å². The zero-order chi connectivity index (χ0) is 43.3. The maximum Gasteiger partial charge on any atom is 0.333 e. The van der Waals surface area contributed by atoms with E-state index in [4.69, 9.17) is 4.42 Å². The third-order valence-electron chi connectivity index (χ3n) is 15.3. The second-order valence-corrected chi connectivity index (χ2v) is 22.4. The third-order valence-corrected chi connectivity index (χ3v) is 16.4. The van der Waals surface area contributed by atoms with E-state index >= 15 is 0 Å². The highest BCUT2D eigenvalue weighted by Gasteiger charge is 2.46. The van der Waals surface area contributed by atoms with E-state index in [1.807, 2.05) is 11.3 Å². The van der Waals surface area contributed by atoms with Gasteiger partial charge in [0.05, 0.1) is 11.0 Å². The molecule has 0 saturated heterocycles. The van der Waals surface area contributed by atoms with Crippen molar-refractivity contribution in [1.82, 2.24) is 4.57 Å². The van der Waals surface area contributed by atoms with E-state index in [1.165, 1.54) is 114 Å². The number of thiophene rings is 1. The van der Waals surface area contributed by atoms with Crippen LogP contribution in [0.1, 0.15) is 77.6 Å². The molecule has 308 valence electrons. The summed E-state index contributed by atoms with van der Waals surface area (Å²) >= 11 is 1.91. The minimum Gasteiger partial charge on any atom is -0.456 e. The summed E-state index contributed by atoms with van der Waals surface area (Å²) in [6.45, 7) is 18.4. The van der Waals surface area contributed by atoms with Gasteiger partial charge in [0.2, 0.25) is 0 Å². The Morgan fingerprint density at radius 3 is 2.08 bits per heavy atom. The molecule has 11 aromatic rings. The molecule has 64 heavy (non-hydrogen) atoms. The van der Waals surface area contributed by atoms with Crippen molar-refractivity contribution in [3.63, 3.8) is 0 Å². The zero-order valence-corrected chi connectivity index (χ0v) is 38.4. The maximum atomic E-state index is 6.88. The van der Waals surface area contributed by atoms with Gasteiger partial charge >= 0.3 is 6.85 Å². The van der Waals surface area contributed by atoms with Crippen LogP contribution >= 0.6 is 11.3 Å². The van der Waals surface area contributed by atoms with Gasteiger partial charge in [-0.1, -0.05) is 140 Å². The molecular formula is C59H47BN2OS. The minimum atomic E-state index is -0.105. The third kappa shape index (κ3) is 4.63. The Labute approximate surface area is 377 Å². The van der Waals surface area contributed by atoms with Crippen molar-refractivity contribution in [1.29, 1.82) is 0 Å². The van der Waals surface area contributed by atoms with E-state index in [0.717, 1.165) is 21.9 Å². The van der Waals surface area contributed by atoms with Crippen molar-refractivity contribution >= 4 is 104 Å². The molecule has 0 atom stereocenters. The average Bonchev–Trinajstić information content (AvgIpc) is 4.00. The molecule has 0 N–H and O–H groups in total. The van der Waals surface area contributed by atoms with Gasteiger partial charge in [-0.2, -0.15) is 0 Å². The van der Waals surface area contributed by atoms with Gasteiger partial charge in [-0.15, -0.1) is 11.3 Å². The summed E-state index contributed by atoms with van der Waals surface area (Å²) < 4.78 is 12.2. The number of rotatable bonds is 1. The van der Waals surface area contributed by atoms with Crippen LogP contribution in [0.25, 0.3) is 91.9 Å². The molecule has 0 saturated carbocycles. The first-order valence-corrected chi connectivity index (χ1v) is 23.7. The highest BCUT2D eigenvalue weighted by molar-refractivity contribution is 7.26. The van der Waals surface area contributed by atoms with Crippen molar-refractivity contribution in [3.05, 3.63) is 162 Å². The number of hydrogen-bond donors (Lipinski definition) is 0. The van der Waals surface area contributed by atoms with Crippen molar-refractivity contribution in [2.45, 2.75) is 71.6 Å². The predicted octanol–water partition coefficient (Wildman–Crippen LogP) is 15.2. The molecule has 1 aliphatic carbocycles. The van der Waals surface area contributed by atoms with Crippen molar-refractivity contribution in [3.8, 4) is 27.9 Å². The van der Waals surface area contributed by atoms with Gasteiger partial charge in [0, 0.05) is 69.8 Å². The van der Waals surface area contributed by atoms with Crippen molar-refractivity contribution in [2.24, 2.45) is 0 Å². The van der Waals surface area contributed by atoms with E-state index in [0.29, 0.717) is 0 Å². The van der Waals surface area contributed by atoms with E-state index in [9.17, 15) is 0 Å². The largest absolute Gasteiger partial charge is 0.456 e. The van der Waals surface area contributed by atoms with E-state index < -0.39 is 0 Å². The molecule has 0 spiro atoms. The van der Waals surface area contributed by atoms with Gasteiger partial charge in [-0.05, 0) is 115 Å². The topological polar surface area (TPSA) is 21.3 Å². The zero-order valence-electron chi connectivity index (χ0n) is 37.6. The summed E-state index contributed by atoms with van der Waals surface area (Å²) in [5, 5.41) is 7.61. The molecule has 0 bridgehead atoms. The summed E-state index contributed by atoms with van der Waals surface area (Å²) in [5.41, 5.74) is 21.4. The molecule has 5 heteroatoms. The molecule has 3 aromatic heterocycles. The Kier molecular flexibility index (Phi) is 6.89. The van der Waals surface area contributed by atoms with Crippen LogP contribution < -0.4 is 15.7 Å². The summed E-state index contributed by atoms with van der Waals surface area (Å²) in [7, 11) is 0. The lowest BCUT2D eigenvalue weighted by atomic mass is 9.44. The van der Waals surface area contributed by atoms with Crippen LogP contribution in [0, 0.1) is 0 Å². The monoisotopic (exact) mass is 842 g/mol. The number of nitrogens with zero attached hydrogens (tertiary/aromatic N) is 2. The number of furan rings is 1. The molecule has 0 radical (unpaired) electrons. The number of anilines is 2. The fourth-order valence-corrected chi connectivity index (χ4v) is 13.2. The highest BCUT2D eigenvalue weighted by Crippen LogP contribution is 2.55. The molecule has 14 rings (SSSR count). The number of hydrogen-bond acceptors (Lipinski definition) is 3. The van der Waals surface area contributed by atoms with E-state index in [-0.39, 0.29) is 23.1 Å². The Balaban J connectivity index is 1.16. The summed E-state index contributed by atoms with van der Waals surface area (Å²) in [6.07, 6.45) is 0. The van der Waals surface area contributed by atoms with Gasteiger partial charge in [0.25, 0.3) is 0 Å². The molecule has 0 fully saturated rings. The lowest BCUT2D eigenvalue weighted by Crippen LogP contribution is -2.60. The first kappa shape index (κ1) is 36.9. The van der Waals surface area contributed by atoms with E-state index in [2.05, 4.69) is 204 Å². The molecule has 0 unspecified atom stereocenters. The molecule has 3 aliphatic rings. The van der Waals surface area contributed by atoms with Crippen LogP contribution in [0.4, 0.5) is 11.4 Å². The Morgan fingerprint density at radius 1 is 0.547 bits per heavy atom. The molecule has 2 aliphatic heterocycles. The summed E-state index contributed by atoms with van der Waals surface area (Å²) in [4.78, 5) is 2.67. The quantitative estimate of drug-likeness (QED) is 0.154. The van der Waals surface area contributed by atoms with Gasteiger partial charge in [0.15, 0.2) is 0 Å². The van der Waals surface area contributed by atoms with Crippen LogP contribution in [-0.4, -0.2) is 11.4 Å². The molecular weight excluding hydrogens is 796 g/mol. The molecule has 3 nitrogen and oxygen atoms in total. The average molecular weight is 843 g/mol. The molecule has 8 aromatic carbocycles. The van der Waals surface area contributed by atoms with E-state index in [1.54, 1.807) is 0 Å². The minimum absolute atomic E-state index is 0.0127. The van der Waals surface area contributed by atoms with Gasteiger partial charge in [0.1, 0.15) is 11.2 Å². The summed E-state index contributed by atoms with van der Waals surface area (Å²) in [6, 6.07) is 53.9. The Bertz CT molecular complexity index is 3900. The number of fused-ring (bicyclic) bond motifs is 18. The fourth-order valence-electron chi connectivity index (χ4n) is 12.0. The Morgan fingerprint density at radius 2 is 1.27 bits per heavy atom. The standard InChI is InChI=1S/C59H47BN2OS/c1-57(2,3)32-17-20-34(21-18-32)62-47-28-41-35-22-19-33(58(4,5)6)27-49(35)63-50(41)30-40(47)37-23-24-39-54-46(26-25-44-53(54)38-14-9-11-15-43(38)59(44,7)8)61-48-29-42-36-13-10-12-16-51(36)64-52(42)31-45(48)60(62)55(37)56(39)61/h9-31H,1-8H3. The number of benzene rings is 8. The second kappa shape index (κ2) is 12.0. The first-order valence-electron chi connectivity index (χ1n) is 22.9. The lowest BCUT2D eigenvalue weighted by molar-refractivity contribution is 0.587. The predicted molar refractivity (Wildman–Crippen MR) is 275 cm³/mol. The van der Waals surface area contributed by atoms with Gasteiger partial charge in [-0.25, -0.2) is 0 Å². The fraction of sp³-hybridized carbons (Fsp3) is 0.186. The van der Waals surface area contributed by atoms with Crippen LogP contribution in [0.15, 0.2) is 144 Å². The van der Waals surface area contributed by atoms with Crippen LogP contribution in [-0.2, 0) is 16.2 Å². The van der Waals surface area contributed by atoms with Crippen molar-refractivity contribution in [2.75, 3.05) is 4.81 Å². The van der Waals surface area contributed by atoms with Crippen LogP contribution in [0.3, 0.4) is 0 Å². The number of aromatic nitrogens is 1. The Hall–Kier alpha value is -6.56. The SMILES string of the molecule is CC(C)(C)c1ccc(N2B3c4cc5sc6ccccc6c5cc4-n4c5ccc6c(c5c5ccc(c3c54)-c3cc4oc5cc(C(C)(C)C)ccc5c4cc32)-c2ccccc2C6(C)C)cc1. The lowest BCUT2D eigenvalue weighted by Gasteiger charge is -2.42. The summed E-state index contributed by atoms with van der Waals surface area (Å²) in [5.74, 6) is 0. The molecule has 0 amide bonds. The van der Waals surface area contributed by atoms with Crippen molar-refractivity contribution < 1.29 is 4.42 Å². The van der Waals surface area contributed by atoms with Gasteiger partial charge < -0.3 is 13.8 Å². The first-order chi connectivity index (χ1) is 30.8. The normalized spacial score (nSPS) is 14.9.